The SMILES string of the molecule is Cc1c(-c2ccccc2)c(=O)oc2c(C[NH+]3CCCC3)c(O)ccc12. The minimum absolute atomic E-state index is 0.210. The van der Waals surface area contributed by atoms with Crippen LogP contribution in [0.1, 0.15) is 24.0 Å². The molecule has 2 heterocycles. The molecule has 0 spiro atoms. The molecule has 1 fully saturated rings. The van der Waals surface area contributed by atoms with Gasteiger partial charge >= 0.3 is 5.63 Å². The Labute approximate surface area is 146 Å². The molecule has 1 aromatic heterocycles. The second-order valence-electron chi connectivity index (χ2n) is 6.83. The van der Waals surface area contributed by atoms with Crippen LogP contribution in [0.5, 0.6) is 5.75 Å². The molecule has 0 aliphatic carbocycles. The van der Waals surface area contributed by atoms with Crippen LogP contribution in [0, 0.1) is 6.92 Å². The van der Waals surface area contributed by atoms with Crippen LogP contribution in [0.15, 0.2) is 51.7 Å². The predicted octanol–water partition coefficient (Wildman–Crippen LogP) is 2.65. The van der Waals surface area contributed by atoms with Crippen LogP contribution in [0.3, 0.4) is 0 Å². The third kappa shape index (κ3) is 2.83. The number of nitrogens with one attached hydrogen (secondary N) is 1. The smallest absolute Gasteiger partial charge is 0.344 e. The van der Waals surface area contributed by atoms with Gasteiger partial charge in [-0.25, -0.2) is 4.79 Å². The van der Waals surface area contributed by atoms with E-state index in [1.54, 1.807) is 6.07 Å². The van der Waals surface area contributed by atoms with E-state index in [0.29, 0.717) is 17.7 Å². The maximum Gasteiger partial charge on any atom is 0.344 e. The van der Waals surface area contributed by atoms with Gasteiger partial charge in [-0.3, -0.25) is 0 Å². The first-order chi connectivity index (χ1) is 12.1. The summed E-state index contributed by atoms with van der Waals surface area (Å²) in [6.45, 7) is 4.84. The number of quaternary nitrogens is 1. The second-order valence-corrected chi connectivity index (χ2v) is 6.83. The Morgan fingerprint density at radius 3 is 2.52 bits per heavy atom. The highest BCUT2D eigenvalue weighted by atomic mass is 16.4. The van der Waals surface area contributed by atoms with Crippen molar-refractivity contribution in [1.82, 2.24) is 0 Å². The fourth-order valence-corrected chi connectivity index (χ4v) is 3.87. The van der Waals surface area contributed by atoms with Gasteiger partial charge in [0, 0.05) is 18.2 Å². The first kappa shape index (κ1) is 15.9. The lowest BCUT2D eigenvalue weighted by Gasteiger charge is -2.15. The molecule has 0 unspecified atom stereocenters. The molecular weight excluding hydrogens is 314 g/mol. The highest BCUT2D eigenvalue weighted by molar-refractivity contribution is 5.89. The van der Waals surface area contributed by atoms with Gasteiger partial charge in [-0.05, 0) is 30.2 Å². The third-order valence-electron chi connectivity index (χ3n) is 5.21. The largest absolute Gasteiger partial charge is 0.507 e. The lowest BCUT2D eigenvalue weighted by atomic mass is 9.98. The summed E-state index contributed by atoms with van der Waals surface area (Å²) in [4.78, 5) is 14.1. The number of aromatic hydroxyl groups is 1. The summed E-state index contributed by atoms with van der Waals surface area (Å²) in [5, 5.41) is 11.3. The molecule has 0 atom stereocenters. The number of aryl methyl sites for hydroxylation is 1. The Bertz CT molecular complexity index is 970. The van der Waals surface area contributed by atoms with Crippen molar-refractivity contribution in [2.24, 2.45) is 0 Å². The molecule has 0 amide bonds. The van der Waals surface area contributed by atoms with Gasteiger partial charge in [0.1, 0.15) is 12.3 Å². The lowest BCUT2D eigenvalue weighted by molar-refractivity contribution is -0.901. The maximum absolute atomic E-state index is 12.7. The predicted molar refractivity (Wildman–Crippen MR) is 98.0 cm³/mol. The van der Waals surface area contributed by atoms with Gasteiger partial charge in [0.2, 0.25) is 0 Å². The van der Waals surface area contributed by atoms with Gasteiger partial charge < -0.3 is 14.4 Å². The zero-order valence-electron chi connectivity index (χ0n) is 14.3. The normalized spacial score (nSPS) is 15.1. The summed E-state index contributed by atoms with van der Waals surface area (Å²) < 4.78 is 5.72. The molecule has 0 saturated carbocycles. The number of hydrogen-bond donors (Lipinski definition) is 2. The molecular formula is C21H22NO3+. The summed E-state index contributed by atoms with van der Waals surface area (Å²) in [7, 11) is 0. The minimum Gasteiger partial charge on any atom is -0.507 e. The molecule has 2 N–H and O–H groups in total. The molecule has 3 aromatic rings. The summed E-state index contributed by atoms with van der Waals surface area (Å²) in [5.74, 6) is 0.210. The average Bonchev–Trinajstić information content (AvgIpc) is 3.12. The molecule has 1 aliphatic rings. The van der Waals surface area contributed by atoms with Crippen LogP contribution in [0.25, 0.3) is 22.1 Å². The number of likely N-dealkylation sites (tertiary alicyclic amines) is 1. The average molecular weight is 336 g/mol. The van der Waals surface area contributed by atoms with Gasteiger partial charge in [-0.1, -0.05) is 30.3 Å². The van der Waals surface area contributed by atoms with Crippen LogP contribution in [-0.2, 0) is 6.54 Å². The lowest BCUT2D eigenvalue weighted by Crippen LogP contribution is -3.08. The Morgan fingerprint density at radius 1 is 1.08 bits per heavy atom. The van der Waals surface area contributed by atoms with Gasteiger partial charge in [-0.15, -0.1) is 0 Å². The maximum atomic E-state index is 12.7. The highest BCUT2D eigenvalue weighted by Crippen LogP contribution is 2.32. The van der Waals surface area contributed by atoms with Crippen molar-refractivity contribution in [3.8, 4) is 16.9 Å². The van der Waals surface area contributed by atoms with Gasteiger partial charge in [0.05, 0.1) is 24.2 Å². The minimum atomic E-state index is -0.348. The molecule has 1 saturated heterocycles. The van der Waals surface area contributed by atoms with E-state index in [-0.39, 0.29) is 11.4 Å². The number of fused-ring (bicyclic) bond motifs is 1. The van der Waals surface area contributed by atoms with Crippen molar-refractivity contribution in [1.29, 1.82) is 0 Å². The molecule has 128 valence electrons. The molecule has 0 bridgehead atoms. The first-order valence-corrected chi connectivity index (χ1v) is 8.82. The summed E-state index contributed by atoms with van der Waals surface area (Å²) in [6, 6.07) is 13.2. The zero-order valence-corrected chi connectivity index (χ0v) is 14.3. The van der Waals surface area contributed by atoms with E-state index < -0.39 is 0 Å². The van der Waals surface area contributed by atoms with Crippen LogP contribution < -0.4 is 10.5 Å². The Hall–Kier alpha value is -2.59. The van der Waals surface area contributed by atoms with Gasteiger partial charge in [0.25, 0.3) is 0 Å². The highest BCUT2D eigenvalue weighted by Gasteiger charge is 2.22. The summed E-state index contributed by atoms with van der Waals surface area (Å²) in [5.41, 5.74) is 3.28. The number of phenols is 1. The third-order valence-corrected chi connectivity index (χ3v) is 5.21. The fourth-order valence-electron chi connectivity index (χ4n) is 3.87. The van der Waals surface area contributed by atoms with E-state index in [0.717, 1.165) is 35.2 Å². The van der Waals surface area contributed by atoms with Gasteiger partial charge in [-0.2, -0.15) is 0 Å². The van der Waals surface area contributed by atoms with Gasteiger partial charge in [0.15, 0.2) is 5.58 Å². The van der Waals surface area contributed by atoms with Crippen molar-refractivity contribution < 1.29 is 14.4 Å². The molecule has 4 heteroatoms. The molecule has 4 rings (SSSR count). The van der Waals surface area contributed by atoms with Crippen molar-refractivity contribution in [3.05, 3.63) is 64.0 Å². The van der Waals surface area contributed by atoms with E-state index in [1.165, 1.54) is 17.7 Å². The molecule has 0 radical (unpaired) electrons. The van der Waals surface area contributed by atoms with Crippen LogP contribution >= 0.6 is 0 Å². The van der Waals surface area contributed by atoms with Crippen molar-refractivity contribution in [2.45, 2.75) is 26.3 Å². The van der Waals surface area contributed by atoms with E-state index in [4.69, 9.17) is 4.42 Å². The van der Waals surface area contributed by atoms with E-state index in [9.17, 15) is 9.90 Å². The quantitative estimate of drug-likeness (QED) is 0.723. The van der Waals surface area contributed by atoms with E-state index in [1.807, 2.05) is 43.3 Å². The van der Waals surface area contributed by atoms with Crippen LogP contribution in [0.2, 0.25) is 0 Å². The van der Waals surface area contributed by atoms with E-state index >= 15 is 0 Å². The topological polar surface area (TPSA) is 54.9 Å². The fraction of sp³-hybridized carbons (Fsp3) is 0.286. The molecule has 25 heavy (non-hydrogen) atoms. The standard InChI is InChI=1S/C21H21NO3/c1-14-16-9-10-18(23)17(13-22-11-5-6-12-22)20(16)25-21(24)19(14)15-7-3-2-4-8-15/h2-4,7-10,23H,5-6,11-13H2,1H3/p+1. The molecule has 2 aromatic carbocycles. The van der Waals surface area contributed by atoms with Crippen LogP contribution in [0.4, 0.5) is 0 Å². The van der Waals surface area contributed by atoms with Crippen molar-refractivity contribution in [2.75, 3.05) is 13.1 Å². The zero-order chi connectivity index (χ0) is 17.4. The number of hydrogen-bond acceptors (Lipinski definition) is 3. The second kappa shape index (κ2) is 6.37. The molecule has 4 nitrogen and oxygen atoms in total. The first-order valence-electron chi connectivity index (χ1n) is 8.82. The van der Waals surface area contributed by atoms with Crippen molar-refractivity contribution in [3.63, 3.8) is 0 Å². The summed E-state index contributed by atoms with van der Waals surface area (Å²) in [6.07, 6.45) is 2.42. The number of benzene rings is 2. The van der Waals surface area contributed by atoms with E-state index in [2.05, 4.69) is 0 Å². The Balaban J connectivity index is 1.91. The van der Waals surface area contributed by atoms with Crippen molar-refractivity contribution >= 4 is 11.0 Å². The molecule has 1 aliphatic heterocycles. The Morgan fingerprint density at radius 2 is 1.80 bits per heavy atom. The monoisotopic (exact) mass is 336 g/mol. The number of phenolic OH excluding ortho intramolecular Hbond substituents is 1. The number of rotatable bonds is 3. The van der Waals surface area contributed by atoms with Crippen LogP contribution in [-0.4, -0.2) is 18.2 Å². The summed E-state index contributed by atoms with van der Waals surface area (Å²) >= 11 is 0. The Kier molecular flexibility index (Phi) is 4.06.